The smallest absolute Gasteiger partial charge is 0.311 e. The number of hydrogen-bond donors (Lipinski definition) is 0. The van der Waals surface area contributed by atoms with Crippen molar-refractivity contribution in [3.8, 4) is 0 Å². The van der Waals surface area contributed by atoms with Gasteiger partial charge in [-0.3, -0.25) is 14.4 Å². The van der Waals surface area contributed by atoms with Crippen LogP contribution in [0.15, 0.2) is 36.4 Å². The van der Waals surface area contributed by atoms with Gasteiger partial charge in [0, 0.05) is 37.0 Å². The van der Waals surface area contributed by atoms with Crippen molar-refractivity contribution in [3.63, 3.8) is 0 Å². The van der Waals surface area contributed by atoms with E-state index in [-0.39, 0.29) is 30.8 Å². The highest BCUT2D eigenvalue weighted by atomic mass is 16.5. The Morgan fingerprint density at radius 3 is 2.50 bits per heavy atom. The van der Waals surface area contributed by atoms with E-state index in [1.807, 2.05) is 62.7 Å². The summed E-state index contributed by atoms with van der Waals surface area (Å²) in [6, 6.07) is 11.4. The summed E-state index contributed by atoms with van der Waals surface area (Å²) in [6.45, 7) is 5.74. The van der Waals surface area contributed by atoms with E-state index in [1.54, 1.807) is 11.0 Å². The van der Waals surface area contributed by atoms with E-state index in [4.69, 9.17) is 4.74 Å². The molecule has 2 atom stereocenters. The van der Waals surface area contributed by atoms with Gasteiger partial charge in [-0.15, -0.1) is 0 Å². The summed E-state index contributed by atoms with van der Waals surface area (Å²) in [5.41, 5.74) is 3.40. The summed E-state index contributed by atoms with van der Waals surface area (Å²) in [4.78, 5) is 38.9. The molecule has 0 unspecified atom stereocenters. The zero-order valence-corrected chi connectivity index (χ0v) is 16.8. The van der Waals surface area contributed by atoms with Crippen molar-refractivity contribution in [2.75, 3.05) is 13.2 Å². The second-order valence-corrected chi connectivity index (χ2v) is 7.41. The van der Waals surface area contributed by atoms with Gasteiger partial charge in [0.05, 0.1) is 12.0 Å². The number of esters is 1. The molecule has 28 heavy (non-hydrogen) atoms. The zero-order valence-electron chi connectivity index (χ0n) is 16.8. The molecule has 6 heteroatoms. The molecule has 1 aromatic carbocycles. The monoisotopic (exact) mass is 382 g/mol. The van der Waals surface area contributed by atoms with Gasteiger partial charge in [0.1, 0.15) is 0 Å². The van der Waals surface area contributed by atoms with Crippen LogP contribution in [0.25, 0.3) is 0 Å². The summed E-state index contributed by atoms with van der Waals surface area (Å²) < 4.78 is 7.18. The topological polar surface area (TPSA) is 68.6 Å². The normalized spacial score (nSPS) is 17.6. The van der Waals surface area contributed by atoms with Gasteiger partial charge in [-0.05, 0) is 32.4 Å². The molecular formula is C22H26N2O4. The molecule has 0 bridgehead atoms. The predicted molar refractivity (Wildman–Crippen MR) is 105 cm³/mol. The standard InChI is InChI=1S/C22H26N2O4/c1-14-10-19(16(3)23(14)4)20(25)13-28-22(27)18-11-21(26)24(12-18)15(2)17-8-6-5-7-9-17/h5-10,15,18H,11-13H2,1-4H3/t15-,18-/m1/s1. The summed E-state index contributed by atoms with van der Waals surface area (Å²) in [6.07, 6.45) is 0.119. The minimum atomic E-state index is -0.537. The Balaban J connectivity index is 1.59. The Hall–Kier alpha value is -2.89. The van der Waals surface area contributed by atoms with Gasteiger partial charge in [0.25, 0.3) is 0 Å². The van der Waals surface area contributed by atoms with Crippen LogP contribution >= 0.6 is 0 Å². The SMILES string of the molecule is Cc1cc(C(=O)COC(=O)[C@@H]2CC(=O)N([C@H](C)c3ccccc3)C2)c(C)n1C. The van der Waals surface area contributed by atoms with Crippen molar-refractivity contribution in [1.82, 2.24) is 9.47 Å². The van der Waals surface area contributed by atoms with Crippen LogP contribution in [0.4, 0.5) is 0 Å². The summed E-state index contributed by atoms with van der Waals surface area (Å²) in [5, 5.41) is 0. The molecule has 1 aliphatic heterocycles. The van der Waals surface area contributed by atoms with Crippen molar-refractivity contribution in [1.29, 1.82) is 0 Å². The Morgan fingerprint density at radius 2 is 1.89 bits per heavy atom. The van der Waals surface area contributed by atoms with E-state index in [1.165, 1.54) is 0 Å². The minimum Gasteiger partial charge on any atom is -0.457 e. The van der Waals surface area contributed by atoms with Gasteiger partial charge in [0.2, 0.25) is 11.7 Å². The van der Waals surface area contributed by atoms with Crippen LogP contribution in [0.3, 0.4) is 0 Å². The van der Waals surface area contributed by atoms with Gasteiger partial charge in [0.15, 0.2) is 6.61 Å². The van der Waals surface area contributed by atoms with Crippen LogP contribution in [0, 0.1) is 19.8 Å². The lowest BCUT2D eigenvalue weighted by Gasteiger charge is -2.25. The van der Waals surface area contributed by atoms with Crippen LogP contribution in [0.5, 0.6) is 0 Å². The van der Waals surface area contributed by atoms with Crippen LogP contribution in [0.2, 0.25) is 0 Å². The largest absolute Gasteiger partial charge is 0.457 e. The molecule has 3 rings (SSSR count). The van der Waals surface area contributed by atoms with Gasteiger partial charge in [-0.2, -0.15) is 0 Å². The van der Waals surface area contributed by atoms with E-state index in [0.29, 0.717) is 12.1 Å². The first kappa shape index (κ1) is 19.9. The number of aryl methyl sites for hydroxylation is 1. The lowest BCUT2D eigenvalue weighted by Crippen LogP contribution is -2.30. The van der Waals surface area contributed by atoms with E-state index in [2.05, 4.69) is 0 Å². The van der Waals surface area contributed by atoms with Crippen LogP contribution in [-0.2, 0) is 21.4 Å². The van der Waals surface area contributed by atoms with Crippen molar-refractivity contribution >= 4 is 17.7 Å². The second kappa shape index (κ2) is 8.00. The highest BCUT2D eigenvalue weighted by Gasteiger charge is 2.38. The molecule has 1 aromatic heterocycles. The molecule has 0 radical (unpaired) electrons. The fourth-order valence-corrected chi connectivity index (χ4v) is 3.65. The van der Waals surface area contributed by atoms with Crippen LogP contribution in [0.1, 0.15) is 46.7 Å². The van der Waals surface area contributed by atoms with Gasteiger partial charge < -0.3 is 14.2 Å². The number of likely N-dealkylation sites (tertiary alicyclic amines) is 1. The number of rotatable bonds is 6. The van der Waals surface area contributed by atoms with E-state index in [0.717, 1.165) is 17.0 Å². The number of aromatic nitrogens is 1. The average molecular weight is 382 g/mol. The molecule has 6 nitrogen and oxygen atoms in total. The Morgan fingerprint density at radius 1 is 1.21 bits per heavy atom. The van der Waals surface area contributed by atoms with Gasteiger partial charge in [-0.1, -0.05) is 30.3 Å². The Kier molecular flexibility index (Phi) is 5.68. The van der Waals surface area contributed by atoms with Crippen molar-refractivity contribution in [3.05, 3.63) is 58.9 Å². The third-order valence-electron chi connectivity index (χ3n) is 5.66. The fraction of sp³-hybridized carbons (Fsp3) is 0.409. The molecule has 1 saturated heterocycles. The molecule has 1 aliphatic rings. The summed E-state index contributed by atoms with van der Waals surface area (Å²) >= 11 is 0. The Labute approximate surface area is 165 Å². The maximum atomic E-state index is 12.4. The number of ketones is 1. The molecule has 148 valence electrons. The third kappa shape index (κ3) is 3.86. The van der Waals surface area contributed by atoms with Crippen molar-refractivity contribution in [2.45, 2.75) is 33.2 Å². The molecule has 0 N–H and O–H groups in total. The number of carbonyl (C=O) groups is 3. The van der Waals surface area contributed by atoms with Crippen LogP contribution in [-0.4, -0.2) is 40.3 Å². The highest BCUT2D eigenvalue weighted by Crippen LogP contribution is 2.29. The molecule has 1 fully saturated rings. The zero-order chi connectivity index (χ0) is 20.4. The second-order valence-electron chi connectivity index (χ2n) is 7.41. The summed E-state index contributed by atoms with van der Waals surface area (Å²) in [5.74, 6) is -1.33. The number of amides is 1. The first-order valence-corrected chi connectivity index (χ1v) is 9.46. The van der Waals surface area contributed by atoms with Crippen molar-refractivity contribution in [2.24, 2.45) is 13.0 Å². The number of nitrogens with zero attached hydrogens (tertiary/aromatic N) is 2. The lowest BCUT2D eigenvalue weighted by molar-refractivity contribution is -0.147. The first-order valence-electron chi connectivity index (χ1n) is 9.46. The minimum absolute atomic E-state index is 0.0702. The number of ether oxygens (including phenoxy) is 1. The number of carbonyl (C=O) groups excluding carboxylic acids is 3. The molecule has 0 spiro atoms. The first-order chi connectivity index (χ1) is 13.3. The predicted octanol–water partition coefficient (Wildman–Crippen LogP) is 2.98. The Bertz CT molecular complexity index is 901. The molecule has 0 saturated carbocycles. The highest BCUT2D eigenvalue weighted by molar-refractivity contribution is 5.99. The molecule has 2 heterocycles. The fourth-order valence-electron chi connectivity index (χ4n) is 3.65. The number of hydrogen-bond acceptors (Lipinski definition) is 4. The molecule has 2 aromatic rings. The van der Waals surface area contributed by atoms with E-state index < -0.39 is 11.9 Å². The van der Waals surface area contributed by atoms with Crippen LogP contribution < -0.4 is 0 Å². The maximum Gasteiger partial charge on any atom is 0.311 e. The average Bonchev–Trinajstić information content (AvgIpc) is 3.21. The molecule has 1 amide bonds. The quantitative estimate of drug-likeness (QED) is 0.569. The van der Waals surface area contributed by atoms with Gasteiger partial charge in [-0.25, -0.2) is 0 Å². The van der Waals surface area contributed by atoms with Gasteiger partial charge >= 0.3 is 5.97 Å². The number of benzene rings is 1. The third-order valence-corrected chi connectivity index (χ3v) is 5.66. The lowest BCUT2D eigenvalue weighted by atomic mass is 10.1. The maximum absolute atomic E-state index is 12.4. The summed E-state index contributed by atoms with van der Waals surface area (Å²) in [7, 11) is 1.89. The van der Waals surface area contributed by atoms with E-state index in [9.17, 15) is 14.4 Å². The molecular weight excluding hydrogens is 356 g/mol. The van der Waals surface area contributed by atoms with Crippen molar-refractivity contribution < 1.29 is 19.1 Å². The number of Topliss-reactive ketones (excluding diaryl/α,β-unsaturated/α-hetero) is 1. The molecule has 0 aliphatic carbocycles. The van der Waals surface area contributed by atoms with E-state index >= 15 is 0 Å².